The van der Waals surface area contributed by atoms with Gasteiger partial charge in [-0.05, 0) is 43.5 Å². The Balaban J connectivity index is 1.97. The Kier molecular flexibility index (Phi) is 5.46. The zero-order valence-electron chi connectivity index (χ0n) is 15.3. The monoisotopic (exact) mass is 404 g/mol. The Morgan fingerprint density at radius 1 is 1.14 bits per heavy atom. The van der Waals surface area contributed by atoms with Crippen LogP contribution in [0.4, 0.5) is 10.5 Å². The van der Waals surface area contributed by atoms with E-state index in [-0.39, 0.29) is 11.4 Å². The number of benzene rings is 2. The quantitative estimate of drug-likeness (QED) is 0.586. The molecule has 0 aromatic heterocycles. The Bertz CT molecular complexity index is 1000. The van der Waals surface area contributed by atoms with Crippen molar-refractivity contribution in [2.75, 3.05) is 4.31 Å². The van der Waals surface area contributed by atoms with Gasteiger partial charge in [-0.3, -0.25) is 0 Å². The summed E-state index contributed by atoms with van der Waals surface area (Å²) in [6, 6.07) is 14.4. The Morgan fingerprint density at radius 3 is 2.46 bits per heavy atom. The number of nitrogens with one attached hydrogen (secondary N) is 1. The van der Waals surface area contributed by atoms with E-state index in [1.54, 1.807) is 26.0 Å². The topological polar surface area (TPSA) is 105 Å². The van der Waals surface area contributed by atoms with Crippen molar-refractivity contribution in [3.8, 4) is 5.75 Å². The van der Waals surface area contributed by atoms with Gasteiger partial charge in [0.15, 0.2) is 5.75 Å². The van der Waals surface area contributed by atoms with E-state index in [4.69, 9.17) is 9.47 Å². The lowest BCUT2D eigenvalue weighted by atomic mass is 10.0. The van der Waals surface area contributed by atoms with Gasteiger partial charge in [0.2, 0.25) is 5.88 Å². The molecule has 2 aromatic rings. The zero-order chi connectivity index (χ0) is 20.3. The predicted octanol–water partition coefficient (Wildman–Crippen LogP) is 3.21. The maximum absolute atomic E-state index is 12.2. The zero-order valence-corrected chi connectivity index (χ0v) is 16.1. The number of hydrogen-bond acceptors (Lipinski definition) is 6. The minimum absolute atomic E-state index is 0.00425. The van der Waals surface area contributed by atoms with Gasteiger partial charge in [-0.15, -0.1) is 0 Å². The largest absolute Gasteiger partial charge is 0.514 e. The predicted molar refractivity (Wildman–Crippen MR) is 103 cm³/mol. The van der Waals surface area contributed by atoms with E-state index in [9.17, 15) is 18.3 Å². The van der Waals surface area contributed by atoms with Crippen molar-refractivity contribution in [1.82, 2.24) is 4.72 Å². The summed E-state index contributed by atoms with van der Waals surface area (Å²) in [7, 11) is -4.03. The van der Waals surface area contributed by atoms with Crippen molar-refractivity contribution in [1.29, 1.82) is 0 Å². The number of rotatable bonds is 5. The van der Waals surface area contributed by atoms with Crippen LogP contribution in [0.3, 0.4) is 0 Å². The second-order valence-corrected chi connectivity index (χ2v) is 7.95. The highest BCUT2D eigenvalue weighted by Gasteiger charge is 2.31. The summed E-state index contributed by atoms with van der Waals surface area (Å²) in [4.78, 5) is 12.0. The van der Waals surface area contributed by atoms with Crippen molar-refractivity contribution in [3.05, 3.63) is 71.7 Å². The SMILES string of the molecule is CC(C)OC(=O)Oc1cc(Cc2ccccc2)ccc1N1C=C(O)NS1(=O)=O. The number of hydrogen-bond donors (Lipinski definition) is 2. The highest BCUT2D eigenvalue weighted by Crippen LogP contribution is 2.34. The summed E-state index contributed by atoms with van der Waals surface area (Å²) < 4.78 is 37.4. The normalized spacial score (nSPS) is 15.1. The standard InChI is InChI=1S/C19H20N2O6S/c1-13(2)26-19(23)27-17-11-15(10-14-6-4-3-5-7-14)8-9-16(17)21-12-18(22)20-28(21,24)25/h3-9,11-13,20,22H,10H2,1-2H3. The number of ether oxygens (including phenoxy) is 2. The molecule has 9 heteroatoms. The van der Waals surface area contributed by atoms with Gasteiger partial charge in [0.25, 0.3) is 0 Å². The molecule has 0 saturated heterocycles. The minimum Gasteiger partial charge on any atom is -0.493 e. The molecule has 1 heterocycles. The second-order valence-electron chi connectivity index (χ2n) is 6.40. The molecule has 0 bridgehead atoms. The molecule has 2 N–H and O–H groups in total. The van der Waals surface area contributed by atoms with Crippen LogP contribution in [0, 0.1) is 0 Å². The van der Waals surface area contributed by atoms with Crippen LogP contribution in [0.5, 0.6) is 5.75 Å². The second kappa shape index (κ2) is 7.81. The van der Waals surface area contributed by atoms with Gasteiger partial charge in [-0.25, -0.2) is 13.8 Å². The molecule has 0 amide bonds. The van der Waals surface area contributed by atoms with E-state index >= 15 is 0 Å². The van der Waals surface area contributed by atoms with Gasteiger partial charge in [-0.2, -0.15) is 8.42 Å². The highest BCUT2D eigenvalue weighted by atomic mass is 32.2. The third-order valence-electron chi connectivity index (χ3n) is 3.77. The summed E-state index contributed by atoms with van der Waals surface area (Å²) in [6.45, 7) is 3.34. The lowest BCUT2D eigenvalue weighted by Gasteiger charge is -2.19. The van der Waals surface area contributed by atoms with Gasteiger partial charge in [0, 0.05) is 0 Å². The van der Waals surface area contributed by atoms with Crippen molar-refractivity contribution >= 4 is 22.1 Å². The molecule has 148 valence electrons. The van der Waals surface area contributed by atoms with E-state index in [0.717, 1.165) is 21.6 Å². The van der Waals surface area contributed by atoms with E-state index in [2.05, 4.69) is 0 Å². The summed E-state index contributed by atoms with van der Waals surface area (Å²) in [5, 5.41) is 9.53. The molecule has 0 aliphatic carbocycles. The van der Waals surface area contributed by atoms with Crippen LogP contribution >= 0.6 is 0 Å². The molecule has 3 rings (SSSR count). The fraction of sp³-hybridized carbons (Fsp3) is 0.211. The summed E-state index contributed by atoms with van der Waals surface area (Å²) >= 11 is 0. The molecule has 0 saturated carbocycles. The molecule has 0 spiro atoms. The third kappa shape index (κ3) is 4.55. The number of nitrogens with zero attached hydrogens (tertiary/aromatic N) is 1. The third-order valence-corrected chi connectivity index (χ3v) is 5.06. The van der Waals surface area contributed by atoms with Crippen LogP contribution in [-0.4, -0.2) is 25.8 Å². The van der Waals surface area contributed by atoms with Gasteiger partial charge in [0.05, 0.1) is 12.3 Å². The van der Waals surface area contributed by atoms with Crippen LogP contribution in [0.25, 0.3) is 0 Å². The molecular formula is C19H20N2O6S. The van der Waals surface area contributed by atoms with Crippen LogP contribution in [0.2, 0.25) is 0 Å². The Labute approximate surface area is 163 Å². The number of carbonyl (C=O) groups is 1. The van der Waals surface area contributed by atoms with Crippen LogP contribution in [0.15, 0.2) is 60.6 Å². The molecule has 0 unspecified atom stereocenters. The number of aliphatic hydroxyl groups excluding tert-OH is 1. The highest BCUT2D eigenvalue weighted by molar-refractivity contribution is 7.91. The fourth-order valence-electron chi connectivity index (χ4n) is 2.66. The van der Waals surface area contributed by atoms with E-state index in [1.807, 2.05) is 35.1 Å². The minimum atomic E-state index is -4.03. The molecule has 28 heavy (non-hydrogen) atoms. The fourth-order valence-corrected chi connectivity index (χ4v) is 3.72. The first-order chi connectivity index (χ1) is 13.2. The number of carbonyl (C=O) groups excluding carboxylic acids is 1. The smallest absolute Gasteiger partial charge is 0.493 e. The lowest BCUT2D eigenvalue weighted by Crippen LogP contribution is -2.30. The van der Waals surface area contributed by atoms with Crippen molar-refractivity contribution < 1.29 is 27.8 Å². The van der Waals surface area contributed by atoms with Crippen LogP contribution in [-0.2, 0) is 21.4 Å². The van der Waals surface area contributed by atoms with Gasteiger partial charge in [-0.1, -0.05) is 36.4 Å². The van der Waals surface area contributed by atoms with Crippen molar-refractivity contribution in [3.63, 3.8) is 0 Å². The maximum Gasteiger partial charge on any atom is 0.514 e. The first-order valence-electron chi connectivity index (χ1n) is 8.53. The molecular weight excluding hydrogens is 384 g/mol. The molecule has 0 atom stereocenters. The average molecular weight is 404 g/mol. The van der Waals surface area contributed by atoms with E-state index < -0.39 is 28.4 Å². The van der Waals surface area contributed by atoms with E-state index in [1.165, 1.54) is 6.07 Å². The van der Waals surface area contributed by atoms with Crippen molar-refractivity contribution in [2.24, 2.45) is 0 Å². The summed E-state index contributed by atoms with van der Waals surface area (Å²) in [5.41, 5.74) is 1.91. The first-order valence-corrected chi connectivity index (χ1v) is 9.97. The van der Waals surface area contributed by atoms with Gasteiger partial charge in [0.1, 0.15) is 5.69 Å². The summed E-state index contributed by atoms with van der Waals surface area (Å²) in [5.74, 6) is -0.542. The van der Waals surface area contributed by atoms with Gasteiger partial charge >= 0.3 is 16.4 Å². The number of anilines is 1. The summed E-state index contributed by atoms with van der Waals surface area (Å²) in [6.07, 6.45) is 0.195. The molecule has 0 radical (unpaired) electrons. The molecule has 0 fully saturated rings. The Morgan fingerprint density at radius 2 is 1.86 bits per heavy atom. The average Bonchev–Trinajstić information content (AvgIpc) is 2.87. The molecule has 8 nitrogen and oxygen atoms in total. The van der Waals surface area contributed by atoms with Crippen LogP contribution in [0.1, 0.15) is 25.0 Å². The number of aliphatic hydroxyl groups is 1. The molecule has 2 aromatic carbocycles. The van der Waals surface area contributed by atoms with E-state index in [0.29, 0.717) is 6.42 Å². The maximum atomic E-state index is 12.2. The Hall–Kier alpha value is -3.20. The lowest BCUT2D eigenvalue weighted by molar-refractivity contribution is 0.0730. The molecule has 1 aliphatic heterocycles. The van der Waals surface area contributed by atoms with Gasteiger partial charge < -0.3 is 14.6 Å². The molecule has 1 aliphatic rings. The van der Waals surface area contributed by atoms with Crippen molar-refractivity contribution in [2.45, 2.75) is 26.4 Å². The van der Waals surface area contributed by atoms with Crippen LogP contribution < -0.4 is 13.8 Å². The first kappa shape index (κ1) is 19.6.